The molecular formula is C14H20ClNO2. The first-order chi connectivity index (χ1) is 8.39. The third kappa shape index (κ3) is 3.72. The van der Waals surface area contributed by atoms with Gasteiger partial charge in [0.2, 0.25) is 0 Å². The van der Waals surface area contributed by atoms with E-state index in [1.54, 1.807) is 6.92 Å². The van der Waals surface area contributed by atoms with E-state index in [4.69, 9.17) is 11.6 Å². The molecular weight excluding hydrogens is 250 g/mol. The Kier molecular flexibility index (Phi) is 5.17. The number of aryl methyl sites for hydroxylation is 1. The predicted molar refractivity (Wildman–Crippen MR) is 74.0 cm³/mol. The molecule has 0 spiro atoms. The van der Waals surface area contributed by atoms with Crippen LogP contribution in [0.25, 0.3) is 0 Å². The molecule has 1 aromatic rings. The number of hydrogen-bond acceptors (Lipinski definition) is 2. The van der Waals surface area contributed by atoms with E-state index in [1.165, 1.54) is 0 Å². The Hall–Kier alpha value is -1.06. The smallest absolute Gasteiger partial charge is 0.323 e. The number of benzene rings is 1. The van der Waals surface area contributed by atoms with Crippen molar-refractivity contribution in [3.05, 3.63) is 34.3 Å². The number of hydrogen-bond donors (Lipinski definition) is 2. The molecule has 0 aliphatic heterocycles. The molecule has 18 heavy (non-hydrogen) atoms. The first-order valence-corrected chi connectivity index (χ1v) is 6.50. The first kappa shape index (κ1) is 15.0. The molecule has 0 aliphatic rings. The molecule has 2 N–H and O–H groups in total. The van der Waals surface area contributed by atoms with Crippen LogP contribution in [0.5, 0.6) is 0 Å². The summed E-state index contributed by atoms with van der Waals surface area (Å²) in [7, 11) is 0. The van der Waals surface area contributed by atoms with Crippen molar-refractivity contribution >= 4 is 17.6 Å². The van der Waals surface area contributed by atoms with Crippen molar-refractivity contribution in [2.75, 3.05) is 0 Å². The van der Waals surface area contributed by atoms with E-state index >= 15 is 0 Å². The molecule has 0 aliphatic carbocycles. The maximum absolute atomic E-state index is 11.3. The predicted octanol–water partition coefficient (Wildman–Crippen LogP) is 3.38. The van der Waals surface area contributed by atoms with E-state index in [1.807, 2.05) is 32.0 Å². The summed E-state index contributed by atoms with van der Waals surface area (Å²) in [5, 5.41) is 13.1. The molecule has 1 atom stereocenters. The van der Waals surface area contributed by atoms with Crippen molar-refractivity contribution in [2.45, 2.75) is 45.7 Å². The lowest BCUT2D eigenvalue weighted by Gasteiger charge is -2.26. The highest BCUT2D eigenvalue weighted by Crippen LogP contribution is 2.18. The number of carbonyl (C=O) groups is 1. The largest absolute Gasteiger partial charge is 0.480 e. The number of aliphatic carboxylic acids is 1. The van der Waals surface area contributed by atoms with Crippen LogP contribution < -0.4 is 5.32 Å². The minimum Gasteiger partial charge on any atom is -0.480 e. The average Bonchev–Trinajstić information content (AvgIpc) is 2.31. The number of carboxylic acids is 1. The fraction of sp³-hybridized carbons (Fsp3) is 0.500. The van der Waals surface area contributed by atoms with Crippen LogP contribution in [0.4, 0.5) is 0 Å². The van der Waals surface area contributed by atoms with Crippen molar-refractivity contribution in [3.8, 4) is 0 Å². The number of halogens is 1. The van der Waals surface area contributed by atoms with Crippen LogP contribution in [0.1, 0.15) is 37.8 Å². The topological polar surface area (TPSA) is 49.3 Å². The van der Waals surface area contributed by atoms with Crippen molar-refractivity contribution in [1.29, 1.82) is 0 Å². The van der Waals surface area contributed by atoms with Crippen molar-refractivity contribution < 1.29 is 9.90 Å². The second kappa shape index (κ2) is 6.21. The molecule has 4 heteroatoms. The Morgan fingerprint density at radius 3 is 2.67 bits per heavy atom. The molecule has 0 saturated carbocycles. The zero-order valence-electron chi connectivity index (χ0n) is 11.1. The Labute approximate surface area is 113 Å². The summed E-state index contributed by atoms with van der Waals surface area (Å²) in [4.78, 5) is 11.3. The monoisotopic (exact) mass is 269 g/mol. The van der Waals surface area contributed by atoms with Crippen LogP contribution in [-0.2, 0) is 11.3 Å². The second-order valence-corrected chi connectivity index (χ2v) is 5.23. The van der Waals surface area contributed by atoms with E-state index in [0.29, 0.717) is 18.0 Å². The number of carboxylic acid groups (broad SMARTS) is 1. The third-order valence-corrected chi connectivity index (χ3v) is 3.55. The summed E-state index contributed by atoms with van der Waals surface area (Å²) in [6.07, 6.45) is 1.42. The third-order valence-electron chi connectivity index (χ3n) is 3.14. The SMILES string of the molecule is CCCC(C)(NCc1ccc(C)c(Cl)c1)C(=O)O. The van der Waals surface area contributed by atoms with Gasteiger partial charge in [0.1, 0.15) is 5.54 Å². The van der Waals surface area contributed by atoms with E-state index in [0.717, 1.165) is 17.5 Å². The molecule has 1 rings (SSSR count). The van der Waals surface area contributed by atoms with Gasteiger partial charge in [0.25, 0.3) is 0 Å². The van der Waals surface area contributed by atoms with Crippen LogP contribution in [0, 0.1) is 6.92 Å². The van der Waals surface area contributed by atoms with Crippen molar-refractivity contribution in [3.63, 3.8) is 0 Å². The van der Waals surface area contributed by atoms with Crippen LogP contribution in [-0.4, -0.2) is 16.6 Å². The Morgan fingerprint density at radius 1 is 1.50 bits per heavy atom. The fourth-order valence-electron chi connectivity index (χ4n) is 1.81. The summed E-state index contributed by atoms with van der Waals surface area (Å²) >= 11 is 6.04. The lowest BCUT2D eigenvalue weighted by Crippen LogP contribution is -2.48. The van der Waals surface area contributed by atoms with E-state index in [2.05, 4.69) is 5.32 Å². The van der Waals surface area contributed by atoms with Gasteiger partial charge in [-0.25, -0.2) is 0 Å². The molecule has 0 saturated heterocycles. The first-order valence-electron chi connectivity index (χ1n) is 6.12. The van der Waals surface area contributed by atoms with Gasteiger partial charge in [0.15, 0.2) is 0 Å². The van der Waals surface area contributed by atoms with Gasteiger partial charge in [-0.05, 0) is 37.5 Å². The van der Waals surface area contributed by atoms with Crippen LogP contribution in [0.15, 0.2) is 18.2 Å². The van der Waals surface area contributed by atoms with Gasteiger partial charge in [0, 0.05) is 11.6 Å². The average molecular weight is 270 g/mol. The lowest BCUT2D eigenvalue weighted by molar-refractivity contribution is -0.144. The maximum atomic E-state index is 11.3. The quantitative estimate of drug-likeness (QED) is 0.832. The Morgan fingerprint density at radius 2 is 2.17 bits per heavy atom. The molecule has 0 bridgehead atoms. The molecule has 1 aromatic carbocycles. The highest BCUT2D eigenvalue weighted by molar-refractivity contribution is 6.31. The molecule has 1 unspecified atom stereocenters. The van der Waals surface area contributed by atoms with Gasteiger partial charge in [-0.1, -0.05) is 37.1 Å². The van der Waals surface area contributed by atoms with Crippen molar-refractivity contribution in [1.82, 2.24) is 5.32 Å². The minimum absolute atomic E-state index is 0.503. The highest BCUT2D eigenvalue weighted by atomic mass is 35.5. The molecule has 100 valence electrons. The molecule has 3 nitrogen and oxygen atoms in total. The van der Waals surface area contributed by atoms with Crippen LogP contribution in [0.2, 0.25) is 5.02 Å². The van der Waals surface area contributed by atoms with Crippen molar-refractivity contribution in [2.24, 2.45) is 0 Å². The maximum Gasteiger partial charge on any atom is 0.323 e. The minimum atomic E-state index is -0.883. The van der Waals surface area contributed by atoms with Crippen LogP contribution >= 0.6 is 11.6 Å². The lowest BCUT2D eigenvalue weighted by atomic mass is 9.96. The number of rotatable bonds is 6. The summed E-state index contributed by atoms with van der Waals surface area (Å²) in [5.74, 6) is -0.817. The van der Waals surface area contributed by atoms with E-state index in [-0.39, 0.29) is 0 Å². The molecule has 0 aromatic heterocycles. The molecule has 0 heterocycles. The van der Waals surface area contributed by atoms with E-state index < -0.39 is 11.5 Å². The molecule has 0 amide bonds. The summed E-state index contributed by atoms with van der Waals surface area (Å²) in [6.45, 7) is 6.14. The van der Waals surface area contributed by atoms with Gasteiger partial charge < -0.3 is 5.11 Å². The zero-order valence-corrected chi connectivity index (χ0v) is 11.8. The molecule has 0 radical (unpaired) electrons. The fourth-order valence-corrected chi connectivity index (χ4v) is 2.02. The normalized spacial score (nSPS) is 14.2. The number of nitrogens with one attached hydrogen (secondary N) is 1. The summed E-state index contributed by atoms with van der Waals surface area (Å²) in [5.41, 5.74) is 1.13. The van der Waals surface area contributed by atoms with Gasteiger partial charge in [-0.3, -0.25) is 10.1 Å². The summed E-state index contributed by atoms with van der Waals surface area (Å²) < 4.78 is 0. The summed E-state index contributed by atoms with van der Waals surface area (Å²) in [6, 6.07) is 5.78. The zero-order chi connectivity index (χ0) is 13.8. The Bertz CT molecular complexity index is 434. The Balaban J connectivity index is 2.73. The van der Waals surface area contributed by atoms with Gasteiger partial charge in [0.05, 0.1) is 0 Å². The van der Waals surface area contributed by atoms with Crippen LogP contribution in [0.3, 0.4) is 0 Å². The highest BCUT2D eigenvalue weighted by Gasteiger charge is 2.31. The van der Waals surface area contributed by atoms with Gasteiger partial charge in [-0.15, -0.1) is 0 Å². The van der Waals surface area contributed by atoms with Gasteiger partial charge in [-0.2, -0.15) is 0 Å². The van der Waals surface area contributed by atoms with E-state index in [9.17, 15) is 9.90 Å². The second-order valence-electron chi connectivity index (χ2n) is 4.82. The standard InChI is InChI=1S/C14H20ClNO2/c1-4-7-14(3,13(17)18)16-9-11-6-5-10(2)12(15)8-11/h5-6,8,16H,4,7,9H2,1-3H3,(H,17,18). The van der Waals surface area contributed by atoms with Gasteiger partial charge >= 0.3 is 5.97 Å². The molecule has 0 fully saturated rings.